The summed E-state index contributed by atoms with van der Waals surface area (Å²) in [4.78, 5) is 4.37. The van der Waals surface area contributed by atoms with Crippen molar-refractivity contribution in [2.24, 2.45) is 0 Å². The van der Waals surface area contributed by atoms with E-state index >= 15 is 0 Å². The third kappa shape index (κ3) is 3.77. The van der Waals surface area contributed by atoms with Crippen molar-refractivity contribution in [2.45, 2.75) is 28.4 Å². The van der Waals surface area contributed by atoms with E-state index in [2.05, 4.69) is 4.98 Å². The Hall–Kier alpha value is -2.12. The van der Waals surface area contributed by atoms with E-state index in [1.807, 2.05) is 6.92 Å². The Bertz CT molecular complexity index is 952. The van der Waals surface area contributed by atoms with E-state index in [9.17, 15) is 12.8 Å². The topological polar surface area (TPSA) is 60.2 Å². The van der Waals surface area contributed by atoms with Crippen LogP contribution in [0.1, 0.15) is 13.3 Å². The molecule has 0 radical (unpaired) electrons. The Labute approximate surface area is 150 Å². The van der Waals surface area contributed by atoms with Crippen molar-refractivity contribution in [2.75, 3.05) is 5.75 Å². The third-order valence-corrected chi connectivity index (χ3v) is 6.36. The smallest absolute Gasteiger partial charge is 0.228 e. The van der Waals surface area contributed by atoms with Crippen LogP contribution < -0.4 is 0 Å². The summed E-state index contributed by atoms with van der Waals surface area (Å²) in [5.41, 5.74) is 0.522. The average molecular weight is 377 g/mol. The van der Waals surface area contributed by atoms with Gasteiger partial charge in [0.2, 0.25) is 25.8 Å². The summed E-state index contributed by atoms with van der Waals surface area (Å²) in [6, 6.07) is 13.7. The average Bonchev–Trinajstić information content (AvgIpc) is 3.06. The number of rotatable bonds is 6. The number of hydrogen-bond acceptors (Lipinski definition) is 5. The minimum absolute atomic E-state index is 0.100. The fourth-order valence-corrected chi connectivity index (χ4v) is 4.58. The largest absolute Gasteiger partial charge is 0.428 e. The van der Waals surface area contributed by atoms with Gasteiger partial charge in [-0.3, -0.25) is 0 Å². The Balaban J connectivity index is 2.10. The fraction of sp³-hybridized carbons (Fsp3) is 0.167. The van der Waals surface area contributed by atoms with Gasteiger partial charge in [-0.25, -0.2) is 12.8 Å². The van der Waals surface area contributed by atoms with Crippen LogP contribution in [0, 0.1) is 5.82 Å². The Morgan fingerprint density at radius 2 is 1.76 bits per heavy atom. The molecule has 0 aliphatic rings. The van der Waals surface area contributed by atoms with Crippen LogP contribution in [-0.4, -0.2) is 19.2 Å². The molecule has 4 nitrogen and oxygen atoms in total. The molecule has 7 heteroatoms. The molecule has 25 heavy (non-hydrogen) atoms. The number of benzene rings is 2. The van der Waals surface area contributed by atoms with Crippen molar-refractivity contribution in [3.05, 3.63) is 60.4 Å². The molecule has 3 rings (SSSR count). The van der Waals surface area contributed by atoms with Gasteiger partial charge < -0.3 is 4.42 Å². The zero-order chi connectivity index (χ0) is 17.9. The van der Waals surface area contributed by atoms with Crippen molar-refractivity contribution < 1.29 is 17.2 Å². The summed E-state index contributed by atoms with van der Waals surface area (Å²) >= 11 is 1.30. The molecular weight excluding hydrogens is 361 g/mol. The van der Waals surface area contributed by atoms with Gasteiger partial charge in [-0.15, -0.1) is 0 Å². The van der Waals surface area contributed by atoms with E-state index in [1.165, 1.54) is 48.2 Å². The predicted molar refractivity (Wildman–Crippen MR) is 94.8 cm³/mol. The van der Waals surface area contributed by atoms with Crippen molar-refractivity contribution >= 4 is 21.6 Å². The molecule has 1 aromatic heterocycles. The summed E-state index contributed by atoms with van der Waals surface area (Å²) in [5.74, 6) is 0.483. The van der Waals surface area contributed by atoms with Gasteiger partial charge >= 0.3 is 0 Å². The first-order valence-corrected chi connectivity index (χ1v) is 10.2. The molecule has 0 aliphatic carbocycles. The van der Waals surface area contributed by atoms with E-state index < -0.39 is 9.84 Å². The van der Waals surface area contributed by atoms with E-state index in [1.54, 1.807) is 18.2 Å². The van der Waals surface area contributed by atoms with Gasteiger partial charge in [-0.1, -0.05) is 36.9 Å². The standard InChI is InChI=1S/C18H16FNO3S2/c1-2-12-24-18-17(25(21,22)15-6-4-3-5-7-15)20-16(23-18)13-8-10-14(19)11-9-13/h3-11H,2,12H2,1H3. The maximum absolute atomic E-state index is 13.1. The normalized spacial score (nSPS) is 11.6. The second kappa shape index (κ2) is 7.41. The molecule has 0 unspecified atom stereocenters. The van der Waals surface area contributed by atoms with Gasteiger partial charge in [0, 0.05) is 11.3 Å². The Morgan fingerprint density at radius 1 is 1.08 bits per heavy atom. The lowest BCUT2D eigenvalue weighted by Gasteiger charge is -2.02. The fourth-order valence-electron chi connectivity index (χ4n) is 2.18. The highest BCUT2D eigenvalue weighted by Gasteiger charge is 2.28. The molecule has 130 valence electrons. The number of aromatic nitrogens is 1. The Morgan fingerprint density at radius 3 is 2.40 bits per heavy atom. The third-order valence-electron chi connectivity index (χ3n) is 3.40. The van der Waals surface area contributed by atoms with Gasteiger partial charge in [0.15, 0.2) is 0 Å². The lowest BCUT2D eigenvalue weighted by atomic mass is 10.2. The predicted octanol–water partition coefficient (Wildman–Crippen LogP) is 4.82. The quantitative estimate of drug-likeness (QED) is 0.577. The van der Waals surface area contributed by atoms with E-state index in [4.69, 9.17) is 4.42 Å². The molecule has 0 saturated heterocycles. The first-order chi connectivity index (χ1) is 12.0. The summed E-state index contributed by atoms with van der Waals surface area (Å²) in [5, 5.41) is 0.154. The highest BCUT2D eigenvalue weighted by molar-refractivity contribution is 8.00. The van der Waals surface area contributed by atoms with Crippen molar-refractivity contribution in [3.8, 4) is 11.5 Å². The SMILES string of the molecule is CCCSc1oc(-c2ccc(F)cc2)nc1S(=O)(=O)c1ccccc1. The van der Waals surface area contributed by atoms with Crippen LogP contribution in [0.3, 0.4) is 0 Å². The van der Waals surface area contributed by atoms with Gasteiger partial charge in [0.05, 0.1) is 4.90 Å². The molecule has 0 bridgehead atoms. The zero-order valence-electron chi connectivity index (χ0n) is 13.5. The molecule has 2 aromatic carbocycles. The lowest BCUT2D eigenvalue weighted by Crippen LogP contribution is -2.03. The van der Waals surface area contributed by atoms with E-state index in [-0.39, 0.29) is 26.7 Å². The monoisotopic (exact) mass is 377 g/mol. The van der Waals surface area contributed by atoms with Crippen LogP contribution in [0.15, 0.2) is 74.0 Å². The second-order valence-corrected chi connectivity index (χ2v) is 8.22. The highest BCUT2D eigenvalue weighted by atomic mass is 32.2. The second-order valence-electron chi connectivity index (χ2n) is 5.28. The highest BCUT2D eigenvalue weighted by Crippen LogP contribution is 2.35. The molecule has 0 aliphatic heterocycles. The van der Waals surface area contributed by atoms with Crippen LogP contribution in [-0.2, 0) is 9.84 Å². The molecule has 0 amide bonds. The maximum atomic E-state index is 13.1. The number of oxazole rings is 1. The van der Waals surface area contributed by atoms with Gasteiger partial charge in [0.25, 0.3) is 0 Å². The zero-order valence-corrected chi connectivity index (χ0v) is 15.1. The van der Waals surface area contributed by atoms with Gasteiger partial charge in [0.1, 0.15) is 5.82 Å². The van der Waals surface area contributed by atoms with Crippen LogP contribution in [0.5, 0.6) is 0 Å². The number of halogens is 1. The van der Waals surface area contributed by atoms with Crippen LogP contribution in [0.4, 0.5) is 4.39 Å². The van der Waals surface area contributed by atoms with Crippen LogP contribution in [0.2, 0.25) is 0 Å². The minimum atomic E-state index is -3.80. The number of nitrogens with zero attached hydrogens (tertiary/aromatic N) is 1. The number of thioether (sulfide) groups is 1. The number of sulfone groups is 1. The Kier molecular flexibility index (Phi) is 5.24. The summed E-state index contributed by atoms with van der Waals surface area (Å²) in [6.07, 6.45) is 0.863. The molecule has 0 fully saturated rings. The van der Waals surface area contributed by atoms with Gasteiger partial charge in [-0.05, 0) is 42.8 Å². The molecule has 0 N–H and O–H groups in total. The van der Waals surface area contributed by atoms with Gasteiger partial charge in [-0.2, -0.15) is 4.98 Å². The molecule has 3 aromatic rings. The van der Waals surface area contributed by atoms with E-state index in [0.717, 1.165) is 6.42 Å². The minimum Gasteiger partial charge on any atom is -0.428 e. The van der Waals surface area contributed by atoms with Crippen molar-refractivity contribution in [1.29, 1.82) is 0 Å². The number of hydrogen-bond donors (Lipinski definition) is 0. The molecule has 0 saturated carbocycles. The molecular formula is C18H16FNO3S2. The maximum Gasteiger partial charge on any atom is 0.228 e. The summed E-state index contributed by atoms with van der Waals surface area (Å²) < 4.78 is 44.7. The molecule has 1 heterocycles. The summed E-state index contributed by atoms with van der Waals surface area (Å²) in [6.45, 7) is 2.00. The molecule has 0 atom stereocenters. The van der Waals surface area contributed by atoms with E-state index in [0.29, 0.717) is 11.3 Å². The van der Waals surface area contributed by atoms with Crippen molar-refractivity contribution in [1.82, 2.24) is 4.98 Å². The lowest BCUT2D eigenvalue weighted by molar-refractivity contribution is 0.470. The van der Waals surface area contributed by atoms with Crippen LogP contribution >= 0.6 is 11.8 Å². The van der Waals surface area contributed by atoms with Crippen molar-refractivity contribution in [3.63, 3.8) is 0 Å². The van der Waals surface area contributed by atoms with Crippen LogP contribution in [0.25, 0.3) is 11.5 Å². The first kappa shape index (κ1) is 17.7. The molecule has 0 spiro atoms. The summed E-state index contributed by atoms with van der Waals surface area (Å²) in [7, 11) is -3.80. The first-order valence-electron chi connectivity index (χ1n) is 7.72.